The number of ether oxygens (including phenoxy) is 2. The Labute approximate surface area is 147 Å². The van der Waals surface area contributed by atoms with Crippen LogP contribution in [0.1, 0.15) is 29.3 Å². The Kier molecular flexibility index (Phi) is 5.03. The Hall–Kier alpha value is -2.82. The fourth-order valence-corrected chi connectivity index (χ4v) is 2.97. The molecule has 0 saturated carbocycles. The number of benzene rings is 2. The first kappa shape index (κ1) is 17.0. The third-order valence-corrected chi connectivity index (χ3v) is 4.25. The molecule has 1 aliphatic heterocycles. The van der Waals surface area contributed by atoms with Crippen LogP contribution in [0.25, 0.3) is 0 Å². The zero-order chi connectivity index (χ0) is 17.8. The number of fused-ring (bicyclic) bond motifs is 1. The predicted molar refractivity (Wildman–Crippen MR) is 95.6 cm³/mol. The van der Waals surface area contributed by atoms with E-state index < -0.39 is 0 Å². The van der Waals surface area contributed by atoms with Crippen LogP contribution in [0.5, 0.6) is 11.5 Å². The number of carbonyl (C=O) groups excluding carboxylic acids is 2. The molecule has 0 aliphatic carbocycles. The van der Waals surface area contributed by atoms with Crippen LogP contribution in [0.4, 0.5) is 5.69 Å². The molecule has 2 aromatic carbocycles. The molecular weight excluding hydrogens is 318 g/mol. The van der Waals surface area contributed by atoms with Gasteiger partial charge in [-0.15, -0.1) is 0 Å². The summed E-state index contributed by atoms with van der Waals surface area (Å²) in [4.78, 5) is 26.6. The lowest BCUT2D eigenvalue weighted by atomic mass is 9.99. The monoisotopic (exact) mass is 339 g/mol. The molecule has 2 aromatic rings. The molecule has 0 bridgehead atoms. The van der Waals surface area contributed by atoms with Crippen LogP contribution in [0, 0.1) is 0 Å². The third kappa shape index (κ3) is 3.65. The van der Waals surface area contributed by atoms with Crippen molar-refractivity contribution in [2.45, 2.75) is 19.8 Å². The average molecular weight is 339 g/mol. The van der Waals surface area contributed by atoms with Gasteiger partial charge in [0, 0.05) is 18.5 Å². The lowest BCUT2D eigenvalue weighted by Crippen LogP contribution is -2.38. The van der Waals surface area contributed by atoms with Crippen LogP contribution in [0.15, 0.2) is 42.5 Å². The quantitative estimate of drug-likeness (QED) is 0.839. The maximum atomic E-state index is 12.8. The highest BCUT2D eigenvalue weighted by molar-refractivity contribution is 6.09. The van der Waals surface area contributed by atoms with E-state index in [1.54, 1.807) is 30.2 Å². The van der Waals surface area contributed by atoms with E-state index >= 15 is 0 Å². The van der Waals surface area contributed by atoms with Gasteiger partial charge in [-0.25, -0.2) is 0 Å². The smallest absolute Gasteiger partial charge is 0.231 e. The van der Waals surface area contributed by atoms with E-state index in [9.17, 15) is 9.59 Å². The highest BCUT2D eigenvalue weighted by Gasteiger charge is 2.27. The van der Waals surface area contributed by atoms with Crippen molar-refractivity contribution in [3.63, 3.8) is 0 Å². The van der Waals surface area contributed by atoms with E-state index in [1.807, 2.05) is 31.2 Å². The number of hydrogen-bond donors (Lipinski definition) is 0. The van der Waals surface area contributed by atoms with Crippen molar-refractivity contribution in [2.75, 3.05) is 25.2 Å². The fourth-order valence-electron chi connectivity index (χ4n) is 2.97. The Morgan fingerprint density at radius 3 is 2.52 bits per heavy atom. The summed E-state index contributed by atoms with van der Waals surface area (Å²) >= 11 is 0. The number of carbonyl (C=O) groups is 2. The molecule has 0 aromatic heterocycles. The first-order valence-electron chi connectivity index (χ1n) is 8.35. The molecule has 0 atom stereocenters. The molecule has 1 amide bonds. The zero-order valence-electron chi connectivity index (χ0n) is 14.5. The van der Waals surface area contributed by atoms with Gasteiger partial charge in [0.15, 0.2) is 5.78 Å². The van der Waals surface area contributed by atoms with E-state index in [4.69, 9.17) is 9.47 Å². The third-order valence-electron chi connectivity index (χ3n) is 4.25. The van der Waals surface area contributed by atoms with Gasteiger partial charge in [0.05, 0.1) is 25.8 Å². The van der Waals surface area contributed by atoms with E-state index in [1.165, 1.54) is 0 Å². The van der Waals surface area contributed by atoms with Gasteiger partial charge in [0.1, 0.15) is 11.5 Å². The first-order chi connectivity index (χ1) is 12.1. The number of anilines is 1. The Morgan fingerprint density at radius 1 is 1.12 bits per heavy atom. The topological polar surface area (TPSA) is 55.8 Å². The lowest BCUT2D eigenvalue weighted by Gasteiger charge is -2.29. The normalized spacial score (nSPS) is 13.4. The molecule has 0 radical (unpaired) electrons. The van der Waals surface area contributed by atoms with E-state index in [-0.39, 0.29) is 18.1 Å². The molecule has 5 nitrogen and oxygen atoms in total. The van der Waals surface area contributed by atoms with Crippen molar-refractivity contribution >= 4 is 17.4 Å². The second-order valence-corrected chi connectivity index (χ2v) is 5.86. The zero-order valence-corrected chi connectivity index (χ0v) is 14.5. The summed E-state index contributed by atoms with van der Waals surface area (Å²) in [6, 6.07) is 12.8. The number of hydrogen-bond acceptors (Lipinski definition) is 4. The Bertz CT molecular complexity index is 783. The summed E-state index contributed by atoms with van der Waals surface area (Å²) in [6.07, 6.45) is 0.612. The van der Waals surface area contributed by atoms with Gasteiger partial charge in [0.2, 0.25) is 5.91 Å². The van der Waals surface area contributed by atoms with Crippen LogP contribution in [-0.4, -0.2) is 32.0 Å². The van der Waals surface area contributed by atoms with Gasteiger partial charge < -0.3 is 14.4 Å². The molecule has 0 spiro atoms. The summed E-state index contributed by atoms with van der Waals surface area (Å²) in [5.74, 6) is 1.43. The number of methoxy groups -OCH3 is 1. The minimum Gasteiger partial charge on any atom is -0.497 e. The molecule has 0 N–H and O–H groups in total. The summed E-state index contributed by atoms with van der Waals surface area (Å²) in [7, 11) is 1.56. The summed E-state index contributed by atoms with van der Waals surface area (Å²) in [5, 5.41) is 0. The summed E-state index contributed by atoms with van der Waals surface area (Å²) < 4.78 is 10.6. The van der Waals surface area contributed by atoms with Crippen LogP contribution in [0.2, 0.25) is 0 Å². The van der Waals surface area contributed by atoms with Gasteiger partial charge in [-0.3, -0.25) is 9.59 Å². The molecular formula is C20H21NO4. The maximum Gasteiger partial charge on any atom is 0.231 e. The standard InChI is InChI=1S/C20H21NO4/c1-3-25-15-6-4-14(5-7-15)12-20(23)21-11-10-19(22)17-13-16(24-2)8-9-18(17)21/h4-9,13H,3,10-12H2,1-2H3. The van der Waals surface area contributed by atoms with E-state index in [2.05, 4.69) is 0 Å². The molecule has 25 heavy (non-hydrogen) atoms. The molecule has 5 heteroatoms. The van der Waals surface area contributed by atoms with E-state index in [0.29, 0.717) is 36.6 Å². The average Bonchev–Trinajstić information content (AvgIpc) is 2.63. The van der Waals surface area contributed by atoms with Gasteiger partial charge >= 0.3 is 0 Å². The summed E-state index contributed by atoms with van der Waals surface area (Å²) in [6.45, 7) is 2.95. The minimum atomic E-state index is -0.0249. The van der Waals surface area contributed by atoms with Crippen molar-refractivity contribution in [2.24, 2.45) is 0 Å². The van der Waals surface area contributed by atoms with Gasteiger partial charge in [-0.1, -0.05) is 12.1 Å². The van der Waals surface area contributed by atoms with Crippen molar-refractivity contribution in [3.05, 3.63) is 53.6 Å². The SMILES string of the molecule is CCOc1ccc(CC(=O)N2CCC(=O)c3cc(OC)ccc32)cc1. The van der Waals surface area contributed by atoms with Gasteiger partial charge in [0.25, 0.3) is 0 Å². The predicted octanol–water partition coefficient (Wildman–Crippen LogP) is 3.26. The highest BCUT2D eigenvalue weighted by atomic mass is 16.5. The first-order valence-corrected chi connectivity index (χ1v) is 8.35. The second-order valence-electron chi connectivity index (χ2n) is 5.86. The second kappa shape index (κ2) is 7.38. The maximum absolute atomic E-state index is 12.8. The number of rotatable bonds is 5. The largest absolute Gasteiger partial charge is 0.497 e. The Balaban J connectivity index is 1.79. The van der Waals surface area contributed by atoms with Crippen LogP contribution in [-0.2, 0) is 11.2 Å². The number of Topliss-reactive ketones (excluding diaryl/α,β-unsaturated/α-hetero) is 1. The van der Waals surface area contributed by atoms with Gasteiger partial charge in [-0.05, 0) is 42.8 Å². The van der Waals surface area contributed by atoms with Gasteiger partial charge in [-0.2, -0.15) is 0 Å². The molecule has 3 rings (SSSR count). The molecule has 1 aliphatic rings. The number of ketones is 1. The molecule has 0 saturated heterocycles. The number of amides is 1. The minimum absolute atomic E-state index is 0.0249. The summed E-state index contributed by atoms with van der Waals surface area (Å²) in [5.41, 5.74) is 2.12. The molecule has 0 unspecified atom stereocenters. The fraction of sp³-hybridized carbons (Fsp3) is 0.300. The lowest BCUT2D eigenvalue weighted by molar-refractivity contribution is -0.118. The number of nitrogens with zero attached hydrogens (tertiary/aromatic N) is 1. The van der Waals surface area contributed by atoms with E-state index in [0.717, 1.165) is 11.3 Å². The molecule has 130 valence electrons. The van der Waals surface area contributed by atoms with Crippen molar-refractivity contribution < 1.29 is 19.1 Å². The van der Waals surface area contributed by atoms with Crippen molar-refractivity contribution in [1.82, 2.24) is 0 Å². The Morgan fingerprint density at radius 2 is 1.84 bits per heavy atom. The molecule has 1 heterocycles. The van der Waals surface area contributed by atoms with Crippen LogP contribution < -0.4 is 14.4 Å². The van der Waals surface area contributed by atoms with Crippen molar-refractivity contribution in [3.8, 4) is 11.5 Å². The van der Waals surface area contributed by atoms with Crippen molar-refractivity contribution in [1.29, 1.82) is 0 Å². The van der Waals surface area contributed by atoms with Crippen LogP contribution in [0.3, 0.4) is 0 Å². The molecule has 0 fully saturated rings. The van der Waals surface area contributed by atoms with Crippen LogP contribution >= 0.6 is 0 Å². The highest BCUT2D eigenvalue weighted by Crippen LogP contribution is 2.31.